The summed E-state index contributed by atoms with van der Waals surface area (Å²) in [4.78, 5) is 0. The van der Waals surface area contributed by atoms with Crippen LogP contribution in [0.1, 0.15) is 11.1 Å². The van der Waals surface area contributed by atoms with E-state index >= 15 is 0 Å². The van der Waals surface area contributed by atoms with Gasteiger partial charge in [-0.1, -0.05) is 36.4 Å². The number of hydrazone groups is 1. The van der Waals surface area contributed by atoms with Crippen LogP contribution in [0, 0.1) is 5.41 Å². The highest BCUT2D eigenvalue weighted by Gasteiger charge is 2.25. The number of rotatable bonds is 2. The van der Waals surface area contributed by atoms with Gasteiger partial charge in [-0.2, -0.15) is 5.10 Å². The molecule has 23 heavy (non-hydrogen) atoms. The number of hydrogen-bond acceptors (Lipinski definition) is 4. The van der Waals surface area contributed by atoms with Gasteiger partial charge in [0, 0.05) is 18.2 Å². The van der Waals surface area contributed by atoms with Gasteiger partial charge in [0.05, 0.1) is 0 Å². The normalized spacial score (nSPS) is 17.8. The van der Waals surface area contributed by atoms with Crippen LogP contribution in [-0.2, 0) is 0 Å². The maximum Gasteiger partial charge on any atom is 0.231 e. The minimum absolute atomic E-state index is 0.255. The third-order valence-corrected chi connectivity index (χ3v) is 3.84. The molecule has 0 saturated carbocycles. The zero-order chi connectivity index (χ0) is 15.8. The molecule has 4 rings (SSSR count). The highest BCUT2D eigenvalue weighted by molar-refractivity contribution is 6.33. The number of hydrogen-bond donors (Lipinski definition) is 1. The van der Waals surface area contributed by atoms with Crippen LogP contribution in [0.3, 0.4) is 0 Å². The highest BCUT2D eigenvalue weighted by Crippen LogP contribution is 2.33. The Hall–Kier alpha value is -3.08. The summed E-state index contributed by atoms with van der Waals surface area (Å²) in [5.74, 6) is 1.86. The number of benzene rings is 2. The Balaban J connectivity index is 1.76. The van der Waals surface area contributed by atoms with Crippen molar-refractivity contribution in [1.82, 2.24) is 5.01 Å². The van der Waals surface area contributed by atoms with E-state index in [1.54, 1.807) is 12.1 Å². The predicted octanol–water partition coefficient (Wildman–Crippen LogP) is 3.13. The van der Waals surface area contributed by atoms with Crippen molar-refractivity contribution >= 4 is 17.6 Å². The van der Waals surface area contributed by atoms with Crippen LogP contribution in [0.15, 0.2) is 59.2 Å². The van der Waals surface area contributed by atoms with Gasteiger partial charge in [-0.3, -0.25) is 10.4 Å². The van der Waals surface area contributed by atoms with E-state index in [0.717, 1.165) is 33.9 Å². The summed E-state index contributed by atoms with van der Waals surface area (Å²) in [7, 11) is 1.78. The Kier molecular flexibility index (Phi) is 3.12. The monoisotopic (exact) mass is 305 g/mol. The molecule has 1 N–H and O–H groups in total. The first-order valence-electron chi connectivity index (χ1n) is 7.31. The second-order valence-electron chi connectivity index (χ2n) is 5.36. The van der Waals surface area contributed by atoms with Crippen LogP contribution in [0.25, 0.3) is 6.08 Å². The third-order valence-electron chi connectivity index (χ3n) is 3.84. The molecular weight excluding hydrogens is 290 g/mol. The zero-order valence-corrected chi connectivity index (χ0v) is 12.6. The van der Waals surface area contributed by atoms with E-state index in [4.69, 9.17) is 14.9 Å². The second kappa shape index (κ2) is 5.28. The average Bonchev–Trinajstić information content (AvgIpc) is 3.15. The molecule has 2 aliphatic rings. The lowest BCUT2D eigenvalue weighted by Gasteiger charge is -2.06. The van der Waals surface area contributed by atoms with Crippen molar-refractivity contribution in [2.24, 2.45) is 5.10 Å². The number of ether oxygens (including phenoxy) is 2. The summed E-state index contributed by atoms with van der Waals surface area (Å²) < 4.78 is 10.8. The smallest absolute Gasteiger partial charge is 0.231 e. The third kappa shape index (κ3) is 2.36. The fourth-order valence-corrected chi connectivity index (χ4v) is 2.66. The second-order valence-corrected chi connectivity index (χ2v) is 5.36. The molecule has 0 aliphatic carbocycles. The summed E-state index contributed by atoms with van der Waals surface area (Å²) in [5.41, 5.74) is 3.54. The molecule has 2 aliphatic heterocycles. The summed E-state index contributed by atoms with van der Waals surface area (Å²) >= 11 is 0. The molecule has 0 unspecified atom stereocenters. The van der Waals surface area contributed by atoms with E-state index in [1.807, 2.05) is 54.6 Å². The maximum absolute atomic E-state index is 8.28. The van der Waals surface area contributed by atoms with Crippen molar-refractivity contribution in [3.63, 3.8) is 0 Å². The van der Waals surface area contributed by atoms with Gasteiger partial charge in [0.1, 0.15) is 5.71 Å². The molecule has 0 saturated heterocycles. The Morgan fingerprint density at radius 3 is 2.70 bits per heavy atom. The van der Waals surface area contributed by atoms with E-state index in [2.05, 4.69) is 5.10 Å². The van der Waals surface area contributed by atoms with Gasteiger partial charge in [-0.15, -0.1) is 0 Å². The lowest BCUT2D eigenvalue weighted by atomic mass is 10.00. The van der Waals surface area contributed by atoms with Gasteiger partial charge >= 0.3 is 0 Å². The first-order valence-corrected chi connectivity index (χ1v) is 7.31. The van der Waals surface area contributed by atoms with Crippen molar-refractivity contribution in [1.29, 1.82) is 5.41 Å². The largest absolute Gasteiger partial charge is 0.454 e. The van der Waals surface area contributed by atoms with Crippen LogP contribution in [0.4, 0.5) is 0 Å². The molecule has 2 aromatic carbocycles. The van der Waals surface area contributed by atoms with Crippen molar-refractivity contribution in [2.45, 2.75) is 0 Å². The number of nitrogens with zero attached hydrogens (tertiary/aromatic N) is 2. The average molecular weight is 305 g/mol. The molecule has 5 heteroatoms. The fourth-order valence-electron chi connectivity index (χ4n) is 2.66. The van der Waals surface area contributed by atoms with Crippen molar-refractivity contribution in [3.05, 3.63) is 65.2 Å². The van der Waals surface area contributed by atoms with Crippen molar-refractivity contribution in [3.8, 4) is 11.5 Å². The molecule has 0 fully saturated rings. The van der Waals surface area contributed by atoms with Crippen molar-refractivity contribution < 1.29 is 9.47 Å². The SMILES string of the molecule is CN1N=C(c2ccccc2)/C(=C/c2ccc3c(c2)OCO3)C1=N. The quantitative estimate of drug-likeness (QED) is 0.927. The van der Waals surface area contributed by atoms with Crippen LogP contribution in [0.5, 0.6) is 11.5 Å². The van der Waals surface area contributed by atoms with Gasteiger partial charge in [-0.25, -0.2) is 0 Å². The van der Waals surface area contributed by atoms with E-state index in [0.29, 0.717) is 5.84 Å². The van der Waals surface area contributed by atoms with E-state index in [-0.39, 0.29) is 6.79 Å². The lowest BCUT2D eigenvalue weighted by Crippen LogP contribution is -2.16. The fraction of sp³-hybridized carbons (Fsp3) is 0.111. The van der Waals surface area contributed by atoms with Crippen LogP contribution in [0.2, 0.25) is 0 Å². The number of amidine groups is 1. The minimum atomic E-state index is 0.255. The molecule has 0 radical (unpaired) electrons. The molecule has 2 heterocycles. The molecular formula is C18H15N3O2. The standard InChI is InChI=1S/C18H15N3O2/c1-21-18(19)14(17(20-21)13-5-3-2-4-6-13)9-12-7-8-15-16(10-12)23-11-22-15/h2-10,19H,11H2,1H3/b14-9-,19-18?. The van der Waals surface area contributed by atoms with Gasteiger partial charge in [0.25, 0.3) is 0 Å². The Bertz CT molecular complexity index is 841. The zero-order valence-electron chi connectivity index (χ0n) is 12.6. The first-order chi connectivity index (χ1) is 11.2. The van der Waals surface area contributed by atoms with E-state index in [1.165, 1.54) is 0 Å². The Labute approximate surface area is 134 Å². The van der Waals surface area contributed by atoms with Crippen LogP contribution < -0.4 is 9.47 Å². The summed E-state index contributed by atoms with van der Waals surface area (Å²) in [5, 5.41) is 14.4. The predicted molar refractivity (Wildman–Crippen MR) is 89.0 cm³/mol. The summed E-state index contributed by atoms with van der Waals surface area (Å²) in [6.45, 7) is 0.255. The number of fused-ring (bicyclic) bond motifs is 1. The first kappa shape index (κ1) is 13.6. The van der Waals surface area contributed by atoms with Crippen molar-refractivity contribution in [2.75, 3.05) is 13.8 Å². The van der Waals surface area contributed by atoms with Gasteiger partial charge < -0.3 is 9.47 Å². The highest BCUT2D eigenvalue weighted by atomic mass is 16.7. The number of likely N-dealkylation sites (N-methyl/N-ethyl adjacent to an activating group) is 1. The summed E-state index contributed by atoms with van der Waals surface area (Å²) in [6.07, 6.45) is 1.96. The molecule has 0 bridgehead atoms. The molecule has 114 valence electrons. The molecule has 0 spiro atoms. The Morgan fingerprint density at radius 2 is 1.87 bits per heavy atom. The van der Waals surface area contributed by atoms with Gasteiger partial charge in [0.2, 0.25) is 6.79 Å². The minimum Gasteiger partial charge on any atom is -0.454 e. The molecule has 0 aromatic heterocycles. The number of nitrogens with one attached hydrogen (secondary N) is 1. The van der Waals surface area contributed by atoms with Gasteiger partial charge in [0.15, 0.2) is 17.3 Å². The van der Waals surface area contributed by atoms with Gasteiger partial charge in [-0.05, 0) is 23.8 Å². The molecule has 5 nitrogen and oxygen atoms in total. The van der Waals surface area contributed by atoms with Crippen LogP contribution in [-0.4, -0.2) is 30.4 Å². The maximum atomic E-state index is 8.28. The summed E-state index contributed by atoms with van der Waals surface area (Å²) in [6, 6.07) is 15.7. The van der Waals surface area contributed by atoms with Crippen LogP contribution >= 0.6 is 0 Å². The van der Waals surface area contributed by atoms with E-state index in [9.17, 15) is 0 Å². The molecule has 0 atom stereocenters. The Morgan fingerprint density at radius 1 is 1.09 bits per heavy atom. The topological polar surface area (TPSA) is 57.9 Å². The molecule has 2 aromatic rings. The molecule has 0 amide bonds. The van der Waals surface area contributed by atoms with E-state index < -0.39 is 0 Å². The lowest BCUT2D eigenvalue weighted by molar-refractivity contribution is 0.174.